The smallest absolute Gasteiger partial charge is 0.303 e. The van der Waals surface area contributed by atoms with Crippen LogP contribution in [0.2, 0.25) is 0 Å². The highest BCUT2D eigenvalue weighted by molar-refractivity contribution is 5.80. The summed E-state index contributed by atoms with van der Waals surface area (Å²) in [7, 11) is 0. The first-order chi connectivity index (χ1) is 63.5. The number of unbranched alkanes of at least 4 members (excludes halogenated alkanes) is 3. The summed E-state index contributed by atoms with van der Waals surface area (Å²) in [5, 5.41) is 36.7. The molecule has 3 heterocycles. The van der Waals surface area contributed by atoms with E-state index in [0.717, 1.165) is 62.3 Å². The number of carbonyl (C=O) groups excluding carboxylic acids is 19. The van der Waals surface area contributed by atoms with Crippen LogP contribution < -0.4 is 53.2 Å². The highest BCUT2D eigenvalue weighted by atomic mass is 16.7. The lowest BCUT2D eigenvalue weighted by atomic mass is 9.96. The monoisotopic (exact) mass is 1920 g/mol. The molecule has 15 atom stereocenters. The molecule has 3 fully saturated rings. The highest BCUT2D eigenvalue weighted by Crippen LogP contribution is 2.32. The molecule has 10 amide bonds. The third-order valence-electron chi connectivity index (χ3n) is 19.4. The molecule has 3 saturated heterocycles. The van der Waals surface area contributed by atoms with Gasteiger partial charge in [0.2, 0.25) is 59.1 Å². The van der Waals surface area contributed by atoms with E-state index in [-0.39, 0.29) is 181 Å². The third kappa shape index (κ3) is 52.1. The van der Waals surface area contributed by atoms with Gasteiger partial charge in [0, 0.05) is 200 Å². The van der Waals surface area contributed by atoms with Crippen LogP contribution in [0.15, 0.2) is 0 Å². The largest absolute Gasteiger partial charge is 0.481 e. The number of nitrogens with one attached hydrogen (secondary N) is 10. The maximum atomic E-state index is 13.6. The van der Waals surface area contributed by atoms with Crippen LogP contribution >= 0.6 is 0 Å². The average Bonchev–Trinajstić information content (AvgIpc) is 0.936. The maximum absolute atomic E-state index is 13.6. The Bertz CT molecular complexity index is 3660. The number of carboxylic acid groups (broad SMARTS) is 1. The van der Waals surface area contributed by atoms with E-state index in [1.807, 2.05) is 0 Å². The Kier molecular flexibility index (Phi) is 57.4. The molecule has 0 saturated carbocycles. The summed E-state index contributed by atoms with van der Waals surface area (Å²) >= 11 is 0. The van der Waals surface area contributed by atoms with Crippen molar-refractivity contribution in [1.82, 2.24) is 53.2 Å². The van der Waals surface area contributed by atoms with Crippen LogP contribution in [0.5, 0.6) is 0 Å². The third-order valence-corrected chi connectivity index (χ3v) is 19.4. The fraction of sp³-hybridized carbons (Fsp3) is 0.765. The fourth-order valence-corrected chi connectivity index (χ4v) is 13.7. The molecule has 0 aromatic heterocycles. The Hall–Kier alpha value is -11.0. The number of carboxylic acids is 1. The SMILES string of the molecule is CC(=O)NC1CC(OC(C)=O)C(OC(C)=O)C(COC(C)=O)OC1OCCCCC(=O)NCCCNC(=O)CCOCC(COCCC(=O)NCCCNC(=O)CCCCOC1OC(COC(C)=O)C(OC(C)=O)C(OC(C)=O)C1NC(C)=O)(COCCC(=O)NCCCNC(=O)CCCCOC1OC(COC(C)=O)C(OC(C)=O)C(OC(C)=O)C1NC(C)=O)NC(=O)CCCC(=O)O. The molecule has 49 heteroatoms. The predicted octanol–water partition coefficient (Wildman–Crippen LogP) is -1.90. The van der Waals surface area contributed by atoms with Gasteiger partial charge in [0.15, 0.2) is 49.4 Å². The van der Waals surface area contributed by atoms with Crippen molar-refractivity contribution >= 4 is 119 Å². The molecule has 3 aliphatic heterocycles. The summed E-state index contributed by atoms with van der Waals surface area (Å²) in [5.41, 5.74) is -1.59. The van der Waals surface area contributed by atoms with Gasteiger partial charge >= 0.3 is 59.7 Å². The second-order valence-electron chi connectivity index (χ2n) is 31.7. The maximum Gasteiger partial charge on any atom is 0.303 e. The van der Waals surface area contributed by atoms with Crippen LogP contribution in [0.1, 0.15) is 205 Å². The number of ether oxygens (including phenoxy) is 18. The summed E-state index contributed by atoms with van der Waals surface area (Å²) in [6.45, 7) is 11.5. The molecule has 134 heavy (non-hydrogen) atoms. The molecule has 3 aliphatic rings. The molecular weight excluding hydrogens is 1780 g/mol. The second-order valence-corrected chi connectivity index (χ2v) is 31.7. The van der Waals surface area contributed by atoms with Crippen molar-refractivity contribution in [3.05, 3.63) is 0 Å². The van der Waals surface area contributed by atoms with Crippen molar-refractivity contribution in [3.63, 3.8) is 0 Å². The number of esters is 9. The quantitative estimate of drug-likeness (QED) is 0.0180. The van der Waals surface area contributed by atoms with E-state index >= 15 is 0 Å². The minimum atomic E-state index is -1.59. The lowest BCUT2D eigenvalue weighted by molar-refractivity contribution is -0.277. The number of hydrogen-bond acceptors (Lipinski definition) is 38. The number of amides is 10. The lowest BCUT2D eigenvalue weighted by Gasteiger charge is -2.44. The Morgan fingerprint density at radius 3 is 0.903 bits per heavy atom. The molecule has 0 aromatic rings. The lowest BCUT2D eigenvalue weighted by Crippen LogP contribution is -2.66. The number of rotatable bonds is 65. The first-order valence-electron chi connectivity index (χ1n) is 44.5. The van der Waals surface area contributed by atoms with Crippen molar-refractivity contribution in [2.45, 2.75) is 303 Å². The molecule has 3 rings (SSSR count). The van der Waals surface area contributed by atoms with Gasteiger partial charge < -0.3 is 144 Å². The number of carbonyl (C=O) groups is 20. The standard InChI is InChI=1S/C85H136N10O39/c1-50(96)92-62-43-63(126-56(7)102)77(127-57(8)103)64(44-123-53(4)99)132-82(62)120-37-16-13-23-67(108)86-31-20-34-89-70(111)28-40-117-47-85(95-73(114)26-19-27-74(115)116,48-118-41-29-71(112)90-35-21-32-87-68(109)24-14-17-38-121-83-75(93-51(2)97)80(130-60(11)106)78(128-58(9)104)65(133-83)45-124-54(5)100)49-119-42-30-72(113)91-36-22-33-88-69(110)25-15-18-39-122-84-76(94-52(3)98)81(131-61(12)107)79(129-59(10)105)66(134-84)46-125-55(6)101/h62-66,75-84H,13-49H2,1-12H3,(H,86,108)(H,87,109)(H,88,110)(H,89,111)(H,90,112)(H,91,113)(H,92,96)(H,93,97)(H,94,98)(H,95,114)(H,115,116). The van der Waals surface area contributed by atoms with Gasteiger partial charge in [0.25, 0.3) is 0 Å². The number of aliphatic carboxylic acids is 1. The molecule has 0 bridgehead atoms. The van der Waals surface area contributed by atoms with Gasteiger partial charge in [0.1, 0.15) is 61.9 Å². The zero-order valence-electron chi connectivity index (χ0n) is 78.3. The molecule has 0 aromatic carbocycles. The fourth-order valence-electron chi connectivity index (χ4n) is 13.7. The second kappa shape index (κ2) is 65.6. The van der Waals surface area contributed by atoms with Gasteiger partial charge in [-0.15, -0.1) is 0 Å². The van der Waals surface area contributed by atoms with E-state index < -0.39 is 218 Å². The first-order valence-corrected chi connectivity index (χ1v) is 44.5. The van der Waals surface area contributed by atoms with Crippen LogP contribution in [0.4, 0.5) is 0 Å². The summed E-state index contributed by atoms with van der Waals surface area (Å²) in [6, 6.07) is -3.29. The summed E-state index contributed by atoms with van der Waals surface area (Å²) in [5.74, 6) is -12.4. The highest BCUT2D eigenvalue weighted by Gasteiger charge is 2.54. The molecule has 0 spiro atoms. The first kappa shape index (κ1) is 117. The van der Waals surface area contributed by atoms with Gasteiger partial charge in [0.05, 0.1) is 45.7 Å². The zero-order chi connectivity index (χ0) is 99.7. The van der Waals surface area contributed by atoms with Crippen molar-refractivity contribution in [2.75, 3.05) is 119 Å². The Morgan fingerprint density at radius 2 is 0.590 bits per heavy atom. The molecule has 15 unspecified atom stereocenters. The van der Waals surface area contributed by atoms with Gasteiger partial charge in [-0.1, -0.05) is 0 Å². The molecule has 49 nitrogen and oxygen atoms in total. The normalized spacial score (nSPS) is 21.7. The average molecular weight is 1920 g/mol. The summed E-state index contributed by atoms with van der Waals surface area (Å²) in [4.78, 5) is 248. The van der Waals surface area contributed by atoms with Gasteiger partial charge in [-0.3, -0.25) is 95.9 Å². The summed E-state index contributed by atoms with van der Waals surface area (Å²) < 4.78 is 102. The summed E-state index contributed by atoms with van der Waals surface area (Å²) in [6.07, 6.45) is -13.4. The zero-order valence-corrected chi connectivity index (χ0v) is 78.3. The minimum Gasteiger partial charge on any atom is -0.481 e. The molecule has 11 N–H and O–H groups in total. The topological polar surface area (TPSA) is 648 Å². The minimum absolute atomic E-state index is 0.00806. The number of hydrogen-bond donors (Lipinski definition) is 11. The van der Waals surface area contributed by atoms with E-state index in [1.54, 1.807) is 0 Å². The van der Waals surface area contributed by atoms with Crippen molar-refractivity contribution in [1.29, 1.82) is 0 Å². The van der Waals surface area contributed by atoms with E-state index in [4.69, 9.17) is 85.3 Å². The van der Waals surface area contributed by atoms with E-state index in [0.29, 0.717) is 57.8 Å². The Labute approximate surface area is 776 Å². The van der Waals surface area contributed by atoms with Crippen molar-refractivity contribution in [3.8, 4) is 0 Å². The molecule has 0 aliphatic carbocycles. The molecule has 760 valence electrons. The predicted molar refractivity (Wildman–Crippen MR) is 457 cm³/mol. The van der Waals surface area contributed by atoms with Crippen LogP contribution in [0.3, 0.4) is 0 Å². The molecule has 0 radical (unpaired) electrons. The van der Waals surface area contributed by atoms with Crippen LogP contribution in [-0.4, -0.2) is 340 Å². The van der Waals surface area contributed by atoms with Crippen molar-refractivity contribution in [2.24, 2.45) is 0 Å². The van der Waals surface area contributed by atoms with Crippen LogP contribution in [-0.2, 0) is 181 Å². The van der Waals surface area contributed by atoms with Gasteiger partial charge in [-0.05, 0) is 64.2 Å². The van der Waals surface area contributed by atoms with E-state index in [1.165, 1.54) is 20.8 Å². The van der Waals surface area contributed by atoms with Gasteiger partial charge in [-0.25, -0.2) is 0 Å². The van der Waals surface area contributed by atoms with Gasteiger partial charge in [-0.2, -0.15) is 0 Å². The van der Waals surface area contributed by atoms with Crippen LogP contribution in [0.25, 0.3) is 0 Å². The van der Waals surface area contributed by atoms with E-state index in [2.05, 4.69) is 53.2 Å². The van der Waals surface area contributed by atoms with E-state index in [9.17, 15) is 101 Å². The van der Waals surface area contributed by atoms with Crippen LogP contribution in [0, 0.1) is 0 Å². The Balaban J connectivity index is 1.61. The molecular formula is C85H136N10O39. The Morgan fingerprint density at radius 1 is 0.299 bits per heavy atom. The van der Waals surface area contributed by atoms with Crippen molar-refractivity contribution < 1.29 is 186 Å².